The fourth-order valence-electron chi connectivity index (χ4n) is 1.11. The van der Waals surface area contributed by atoms with Crippen molar-refractivity contribution >= 4 is 0 Å². The van der Waals surface area contributed by atoms with Crippen molar-refractivity contribution in [2.45, 2.75) is 12.2 Å². The smallest absolute Gasteiger partial charge is 0.202 e. The molecule has 6 nitrogen and oxygen atoms in total. The Kier molecular flexibility index (Phi) is 1.87. The maximum atomic E-state index is 5.23. The van der Waals surface area contributed by atoms with Crippen molar-refractivity contribution in [3.8, 4) is 0 Å². The molecule has 60 valence electrons. The molecule has 0 unspecified atom stereocenters. The molecule has 6 heteroatoms. The van der Waals surface area contributed by atoms with Gasteiger partial charge in [0.2, 0.25) is 6.17 Å². The lowest BCUT2D eigenvalue weighted by atomic mass is 10.2. The zero-order valence-corrected chi connectivity index (χ0v) is 5.97. The Hall–Kier alpha value is -0.880. The molecule has 11 heavy (non-hydrogen) atoms. The first-order valence-corrected chi connectivity index (χ1v) is 3.58. The van der Waals surface area contributed by atoms with Gasteiger partial charge in [0.15, 0.2) is 0 Å². The second-order valence-electron chi connectivity index (χ2n) is 2.46. The van der Waals surface area contributed by atoms with Gasteiger partial charge in [0, 0.05) is 6.54 Å². The molecule has 2 aliphatic rings. The maximum absolute atomic E-state index is 5.23. The Bertz CT molecular complexity index is 173. The average molecular weight is 155 g/mol. The van der Waals surface area contributed by atoms with Gasteiger partial charge in [0.1, 0.15) is 0 Å². The second kappa shape index (κ2) is 3.02. The van der Waals surface area contributed by atoms with E-state index < -0.39 is 0 Å². The van der Waals surface area contributed by atoms with Crippen LogP contribution in [0, 0.1) is 0 Å². The lowest BCUT2D eigenvalue weighted by Crippen LogP contribution is -2.46. The quantitative estimate of drug-likeness (QED) is 0.584. The number of hydrogen-bond acceptors (Lipinski definition) is 6. The van der Waals surface area contributed by atoms with E-state index in [9.17, 15) is 0 Å². The van der Waals surface area contributed by atoms with Crippen LogP contribution in [-0.2, 0) is 4.74 Å². The summed E-state index contributed by atoms with van der Waals surface area (Å²) in [5.41, 5.74) is 0. The van der Waals surface area contributed by atoms with Crippen molar-refractivity contribution in [3.63, 3.8) is 0 Å². The lowest BCUT2D eigenvalue weighted by molar-refractivity contribution is 0.0694. The van der Waals surface area contributed by atoms with Gasteiger partial charge in [-0.25, -0.2) is 0 Å². The summed E-state index contributed by atoms with van der Waals surface area (Å²) < 4.78 is 5.23. The van der Waals surface area contributed by atoms with E-state index in [1.807, 2.05) is 0 Å². The highest BCUT2D eigenvalue weighted by molar-refractivity contribution is 4.81. The Morgan fingerprint density at radius 1 is 1.27 bits per heavy atom. The van der Waals surface area contributed by atoms with Crippen molar-refractivity contribution in [3.05, 3.63) is 0 Å². The molecule has 0 bridgehead atoms. The van der Waals surface area contributed by atoms with Crippen LogP contribution in [0.25, 0.3) is 0 Å². The van der Waals surface area contributed by atoms with E-state index in [-0.39, 0.29) is 12.2 Å². The van der Waals surface area contributed by atoms with Crippen LogP contribution in [-0.4, -0.2) is 32.0 Å². The van der Waals surface area contributed by atoms with E-state index in [0.717, 1.165) is 13.2 Å². The van der Waals surface area contributed by atoms with Crippen LogP contribution < -0.4 is 5.32 Å². The first-order chi connectivity index (χ1) is 5.47. The second-order valence-corrected chi connectivity index (χ2v) is 2.46. The van der Waals surface area contributed by atoms with Crippen LogP contribution in [0.3, 0.4) is 0 Å². The molecule has 2 rings (SSSR count). The summed E-state index contributed by atoms with van der Waals surface area (Å²) in [4.78, 5) is 0. The first kappa shape index (κ1) is 6.81. The van der Waals surface area contributed by atoms with Crippen LogP contribution in [0.15, 0.2) is 20.7 Å². The SMILES string of the molecule is C1COC[C@H](C2N=NN=N2)N1. The summed E-state index contributed by atoms with van der Waals surface area (Å²) in [6.45, 7) is 2.26. The number of ether oxygens (including phenoxy) is 1. The van der Waals surface area contributed by atoms with Crippen LogP contribution in [0.4, 0.5) is 0 Å². The van der Waals surface area contributed by atoms with Gasteiger partial charge in [0.05, 0.1) is 19.3 Å². The summed E-state index contributed by atoms with van der Waals surface area (Å²) in [5.74, 6) is 0. The molecule has 0 radical (unpaired) electrons. The molecule has 1 N–H and O–H groups in total. The Labute approximate surface area is 63.7 Å². The predicted molar refractivity (Wildman–Crippen MR) is 36.1 cm³/mol. The summed E-state index contributed by atoms with van der Waals surface area (Å²) >= 11 is 0. The molecule has 0 spiro atoms. The van der Waals surface area contributed by atoms with Crippen LogP contribution in [0.2, 0.25) is 0 Å². The summed E-state index contributed by atoms with van der Waals surface area (Å²) in [6, 6.07) is 0.152. The maximum Gasteiger partial charge on any atom is 0.202 e. The Morgan fingerprint density at radius 3 is 2.73 bits per heavy atom. The standard InChI is InChI=1S/C5H9N5O/c1-2-11-3-4(6-1)5-7-9-10-8-5/h4-6H,1-3H2/t4-/m1/s1. The van der Waals surface area contributed by atoms with Gasteiger partial charge in [-0.15, -0.1) is 10.2 Å². The first-order valence-electron chi connectivity index (χ1n) is 3.58. The molecule has 1 saturated heterocycles. The van der Waals surface area contributed by atoms with Crippen LogP contribution in [0.1, 0.15) is 0 Å². The number of hydrogen-bond donors (Lipinski definition) is 1. The van der Waals surface area contributed by atoms with Gasteiger partial charge in [-0.2, -0.15) is 0 Å². The molecule has 0 aromatic heterocycles. The molecule has 0 aromatic rings. The summed E-state index contributed by atoms with van der Waals surface area (Å²) in [6.07, 6.45) is -0.171. The van der Waals surface area contributed by atoms with Crippen molar-refractivity contribution in [1.82, 2.24) is 5.32 Å². The molecule has 1 atom stereocenters. The molecular formula is C5H9N5O. The minimum atomic E-state index is -0.171. The molecule has 0 saturated carbocycles. The molecule has 0 aliphatic carbocycles. The predicted octanol–water partition coefficient (Wildman–Crippen LogP) is 0.134. The molecule has 2 aliphatic heterocycles. The third-order valence-corrected chi connectivity index (χ3v) is 1.69. The topological polar surface area (TPSA) is 70.7 Å². The van der Waals surface area contributed by atoms with Gasteiger partial charge in [-0.3, -0.25) is 0 Å². The molecule has 0 amide bonds. The van der Waals surface area contributed by atoms with Crippen LogP contribution in [0.5, 0.6) is 0 Å². The monoisotopic (exact) mass is 155 g/mol. The Balaban J connectivity index is 1.92. The molecule has 0 aromatic carbocycles. The van der Waals surface area contributed by atoms with Gasteiger partial charge < -0.3 is 10.1 Å². The average Bonchev–Trinajstić information content (AvgIpc) is 2.58. The van der Waals surface area contributed by atoms with Gasteiger partial charge in [-0.1, -0.05) is 0 Å². The molecular weight excluding hydrogens is 146 g/mol. The lowest BCUT2D eigenvalue weighted by Gasteiger charge is -2.23. The van der Waals surface area contributed by atoms with Crippen molar-refractivity contribution in [1.29, 1.82) is 0 Å². The fraction of sp³-hybridized carbons (Fsp3) is 1.00. The summed E-state index contributed by atoms with van der Waals surface area (Å²) in [5, 5.41) is 17.7. The van der Waals surface area contributed by atoms with Gasteiger partial charge in [0.25, 0.3) is 0 Å². The van der Waals surface area contributed by atoms with E-state index in [1.165, 1.54) is 0 Å². The number of rotatable bonds is 1. The van der Waals surface area contributed by atoms with Crippen LogP contribution >= 0.6 is 0 Å². The van der Waals surface area contributed by atoms with Crippen molar-refractivity contribution in [2.24, 2.45) is 20.7 Å². The highest BCUT2D eigenvalue weighted by atomic mass is 16.5. The van der Waals surface area contributed by atoms with E-state index in [2.05, 4.69) is 26.0 Å². The largest absolute Gasteiger partial charge is 0.378 e. The van der Waals surface area contributed by atoms with E-state index >= 15 is 0 Å². The number of morpholine rings is 1. The fourth-order valence-corrected chi connectivity index (χ4v) is 1.11. The molecule has 2 heterocycles. The van der Waals surface area contributed by atoms with E-state index in [4.69, 9.17) is 4.74 Å². The normalized spacial score (nSPS) is 31.5. The third kappa shape index (κ3) is 1.41. The van der Waals surface area contributed by atoms with Crippen molar-refractivity contribution in [2.75, 3.05) is 19.8 Å². The highest BCUT2D eigenvalue weighted by Crippen LogP contribution is 2.11. The number of nitrogens with zero attached hydrogens (tertiary/aromatic N) is 4. The van der Waals surface area contributed by atoms with E-state index in [1.54, 1.807) is 0 Å². The Morgan fingerprint density at radius 2 is 2.09 bits per heavy atom. The minimum Gasteiger partial charge on any atom is -0.378 e. The van der Waals surface area contributed by atoms with Crippen molar-refractivity contribution < 1.29 is 4.74 Å². The zero-order valence-electron chi connectivity index (χ0n) is 5.97. The minimum absolute atomic E-state index is 0.152. The highest BCUT2D eigenvalue weighted by Gasteiger charge is 2.25. The van der Waals surface area contributed by atoms with Gasteiger partial charge in [-0.05, 0) is 10.4 Å². The summed E-state index contributed by atoms with van der Waals surface area (Å²) in [7, 11) is 0. The third-order valence-electron chi connectivity index (χ3n) is 1.69. The van der Waals surface area contributed by atoms with Gasteiger partial charge >= 0.3 is 0 Å². The number of nitrogens with one attached hydrogen (secondary N) is 1. The zero-order chi connectivity index (χ0) is 7.52. The molecule has 1 fully saturated rings. The van der Waals surface area contributed by atoms with E-state index in [0.29, 0.717) is 6.61 Å².